The van der Waals surface area contributed by atoms with Crippen molar-refractivity contribution in [3.63, 3.8) is 0 Å². The maximum atomic E-state index is 6.23. The fraction of sp³-hybridized carbons (Fsp3) is 0.200. The number of rotatable bonds is 4. The van der Waals surface area contributed by atoms with Crippen LogP contribution in [0.2, 0.25) is 5.02 Å². The van der Waals surface area contributed by atoms with E-state index in [1.54, 1.807) is 0 Å². The monoisotopic (exact) mass is 401 g/mol. The summed E-state index contributed by atoms with van der Waals surface area (Å²) in [5.41, 5.74) is 2.38. The van der Waals surface area contributed by atoms with E-state index in [1.165, 1.54) is 5.56 Å². The molecular weight excluding hydrogens is 389 g/mol. The van der Waals surface area contributed by atoms with Crippen molar-refractivity contribution in [3.8, 4) is 0 Å². The van der Waals surface area contributed by atoms with E-state index in [0.717, 1.165) is 26.0 Å². The normalized spacial score (nSPS) is 12.4. The minimum Gasteiger partial charge on any atom is -0.313 e. The predicted molar refractivity (Wildman–Crippen MR) is 88.8 cm³/mol. The molecule has 0 aliphatic heterocycles. The summed E-state index contributed by atoms with van der Waals surface area (Å²) in [7, 11) is 1.97. The standard InChI is InChI=1S/C15H14Br2ClN/c1-19-15(8-10-4-2-3-5-14(10)18)11-6-12(16)9-13(17)7-11/h2-7,9,15,19H,8H2,1H3. The molecule has 2 aromatic carbocycles. The van der Waals surface area contributed by atoms with Crippen LogP contribution in [0.4, 0.5) is 0 Å². The van der Waals surface area contributed by atoms with Crippen LogP contribution in [0.1, 0.15) is 17.2 Å². The second-order valence-electron chi connectivity index (χ2n) is 4.34. The highest BCUT2D eigenvalue weighted by Gasteiger charge is 2.13. The lowest BCUT2D eigenvalue weighted by Gasteiger charge is -2.18. The van der Waals surface area contributed by atoms with Crippen molar-refractivity contribution in [1.29, 1.82) is 0 Å². The lowest BCUT2D eigenvalue weighted by atomic mass is 9.99. The number of likely N-dealkylation sites (N-methyl/N-ethyl adjacent to an activating group) is 1. The van der Waals surface area contributed by atoms with Gasteiger partial charge in [0.1, 0.15) is 0 Å². The fourth-order valence-corrected chi connectivity index (χ4v) is 3.59. The Labute approximate surface area is 135 Å². The molecule has 2 aromatic rings. The van der Waals surface area contributed by atoms with E-state index in [4.69, 9.17) is 11.6 Å². The maximum Gasteiger partial charge on any atom is 0.0438 e. The van der Waals surface area contributed by atoms with Gasteiger partial charge in [-0.3, -0.25) is 0 Å². The molecule has 1 N–H and O–H groups in total. The third kappa shape index (κ3) is 4.06. The van der Waals surface area contributed by atoms with Crippen molar-refractivity contribution in [1.82, 2.24) is 5.32 Å². The SMILES string of the molecule is CNC(Cc1ccccc1Cl)c1cc(Br)cc(Br)c1. The molecule has 0 heterocycles. The molecule has 0 aliphatic rings. The number of hydrogen-bond donors (Lipinski definition) is 1. The van der Waals surface area contributed by atoms with E-state index >= 15 is 0 Å². The molecule has 0 aromatic heterocycles. The Hall–Kier alpha value is -0.350. The molecule has 0 spiro atoms. The van der Waals surface area contributed by atoms with Crippen molar-refractivity contribution < 1.29 is 0 Å². The molecule has 0 saturated heterocycles. The summed E-state index contributed by atoms with van der Waals surface area (Å²) in [6.07, 6.45) is 0.860. The van der Waals surface area contributed by atoms with Gasteiger partial charge in [0.15, 0.2) is 0 Å². The highest BCUT2D eigenvalue weighted by molar-refractivity contribution is 9.11. The van der Waals surface area contributed by atoms with Crippen LogP contribution in [0, 0.1) is 0 Å². The van der Waals surface area contributed by atoms with E-state index in [1.807, 2.05) is 31.3 Å². The van der Waals surface area contributed by atoms with Crippen molar-refractivity contribution in [2.75, 3.05) is 7.05 Å². The molecular formula is C15H14Br2ClN. The van der Waals surface area contributed by atoms with Crippen molar-refractivity contribution >= 4 is 43.5 Å². The summed E-state index contributed by atoms with van der Waals surface area (Å²) in [5, 5.41) is 4.16. The summed E-state index contributed by atoms with van der Waals surface area (Å²) in [4.78, 5) is 0. The maximum absolute atomic E-state index is 6.23. The van der Waals surface area contributed by atoms with Gasteiger partial charge in [-0.2, -0.15) is 0 Å². The third-order valence-electron chi connectivity index (χ3n) is 3.02. The predicted octanol–water partition coefficient (Wildman–Crippen LogP) is 5.37. The van der Waals surface area contributed by atoms with E-state index in [-0.39, 0.29) is 6.04 Å². The second kappa shape index (κ2) is 6.89. The quantitative estimate of drug-likeness (QED) is 0.724. The van der Waals surface area contributed by atoms with Gasteiger partial charge in [-0.15, -0.1) is 0 Å². The fourth-order valence-electron chi connectivity index (χ4n) is 2.05. The Balaban J connectivity index is 2.28. The van der Waals surface area contributed by atoms with E-state index in [9.17, 15) is 0 Å². The Morgan fingerprint density at radius 1 is 1.11 bits per heavy atom. The molecule has 1 nitrogen and oxygen atoms in total. The van der Waals surface area contributed by atoms with Crippen molar-refractivity contribution in [3.05, 3.63) is 67.6 Å². The van der Waals surface area contributed by atoms with Gasteiger partial charge in [0.05, 0.1) is 0 Å². The molecule has 1 atom stereocenters. The van der Waals surface area contributed by atoms with Gasteiger partial charge >= 0.3 is 0 Å². The molecule has 0 radical (unpaired) electrons. The number of benzene rings is 2. The first-order valence-electron chi connectivity index (χ1n) is 5.97. The van der Waals surface area contributed by atoms with Crippen LogP contribution in [-0.4, -0.2) is 7.05 Å². The zero-order chi connectivity index (χ0) is 13.8. The largest absolute Gasteiger partial charge is 0.313 e. The Morgan fingerprint density at radius 2 is 1.74 bits per heavy atom. The summed E-state index contributed by atoms with van der Waals surface area (Å²) < 4.78 is 2.13. The average Bonchev–Trinajstić information content (AvgIpc) is 2.36. The van der Waals surface area contributed by atoms with Crippen LogP contribution in [0.15, 0.2) is 51.4 Å². The van der Waals surface area contributed by atoms with Gasteiger partial charge in [0, 0.05) is 20.0 Å². The first-order valence-corrected chi connectivity index (χ1v) is 7.93. The second-order valence-corrected chi connectivity index (χ2v) is 6.58. The lowest BCUT2D eigenvalue weighted by Crippen LogP contribution is -2.19. The summed E-state index contributed by atoms with van der Waals surface area (Å²) in [6.45, 7) is 0. The van der Waals surface area contributed by atoms with E-state index in [2.05, 4.69) is 55.4 Å². The number of halogens is 3. The molecule has 0 bridgehead atoms. The van der Waals surface area contributed by atoms with E-state index < -0.39 is 0 Å². The number of hydrogen-bond acceptors (Lipinski definition) is 1. The highest BCUT2D eigenvalue weighted by Crippen LogP contribution is 2.28. The number of nitrogens with one attached hydrogen (secondary N) is 1. The first kappa shape index (κ1) is 15.0. The minimum absolute atomic E-state index is 0.230. The highest BCUT2D eigenvalue weighted by atomic mass is 79.9. The topological polar surface area (TPSA) is 12.0 Å². The van der Waals surface area contributed by atoms with Crippen molar-refractivity contribution in [2.24, 2.45) is 0 Å². The molecule has 0 amide bonds. The molecule has 0 fully saturated rings. The van der Waals surface area contributed by atoms with Gasteiger partial charge < -0.3 is 5.32 Å². The summed E-state index contributed by atoms with van der Waals surface area (Å²) >= 11 is 13.3. The Morgan fingerprint density at radius 3 is 2.32 bits per heavy atom. The van der Waals surface area contributed by atoms with Gasteiger partial charge in [-0.05, 0) is 48.9 Å². The van der Waals surface area contributed by atoms with E-state index in [0.29, 0.717) is 0 Å². The van der Waals surface area contributed by atoms with Crippen molar-refractivity contribution in [2.45, 2.75) is 12.5 Å². The van der Waals surface area contributed by atoms with Crippen LogP contribution in [0.3, 0.4) is 0 Å². The molecule has 1 unspecified atom stereocenters. The molecule has 100 valence electrons. The lowest BCUT2D eigenvalue weighted by molar-refractivity contribution is 0.591. The van der Waals surface area contributed by atoms with Crippen LogP contribution in [0.5, 0.6) is 0 Å². The molecule has 4 heteroatoms. The molecule has 19 heavy (non-hydrogen) atoms. The molecule has 2 rings (SSSR count). The van der Waals surface area contributed by atoms with Gasteiger partial charge in [-0.25, -0.2) is 0 Å². The zero-order valence-corrected chi connectivity index (χ0v) is 14.4. The van der Waals surface area contributed by atoms with Crippen LogP contribution in [-0.2, 0) is 6.42 Å². The Kier molecular flexibility index (Phi) is 5.46. The average molecular weight is 404 g/mol. The zero-order valence-electron chi connectivity index (χ0n) is 10.5. The third-order valence-corrected chi connectivity index (χ3v) is 4.30. The first-order chi connectivity index (χ1) is 9.10. The minimum atomic E-state index is 0.230. The molecule has 0 saturated carbocycles. The van der Waals surface area contributed by atoms with Crippen LogP contribution < -0.4 is 5.32 Å². The van der Waals surface area contributed by atoms with Gasteiger partial charge in [0.25, 0.3) is 0 Å². The van der Waals surface area contributed by atoms with Crippen LogP contribution in [0.25, 0.3) is 0 Å². The smallest absolute Gasteiger partial charge is 0.0438 e. The molecule has 0 aliphatic carbocycles. The summed E-state index contributed by atoms with van der Waals surface area (Å²) in [6, 6.07) is 14.5. The summed E-state index contributed by atoms with van der Waals surface area (Å²) in [5.74, 6) is 0. The van der Waals surface area contributed by atoms with Crippen LogP contribution >= 0.6 is 43.5 Å². The van der Waals surface area contributed by atoms with Gasteiger partial charge in [0.2, 0.25) is 0 Å². The van der Waals surface area contributed by atoms with Gasteiger partial charge in [-0.1, -0.05) is 61.7 Å². The Bertz CT molecular complexity index is 552.